The van der Waals surface area contributed by atoms with E-state index in [1.165, 1.54) is 34.7 Å². The summed E-state index contributed by atoms with van der Waals surface area (Å²) in [5.41, 5.74) is 0.0712. The number of fused-ring (bicyclic) bond motifs is 1. The summed E-state index contributed by atoms with van der Waals surface area (Å²) in [5, 5.41) is 4.50. The van der Waals surface area contributed by atoms with Crippen LogP contribution in [0.3, 0.4) is 0 Å². The standard InChI is InChI=1S/C20H23N3O5S/c1-12(2)10-23-19(25)18-15(7-8-29-18)22(20(23)26)11-17(24)21-14-9-13(27-3)5-6-16(14)28-4/h5-9,12H,10-11H2,1-4H3,(H,21,24). The van der Waals surface area contributed by atoms with Gasteiger partial charge in [-0.1, -0.05) is 13.8 Å². The molecule has 0 fully saturated rings. The molecule has 0 spiro atoms. The molecule has 0 atom stereocenters. The van der Waals surface area contributed by atoms with Crippen LogP contribution in [0.25, 0.3) is 10.2 Å². The molecular weight excluding hydrogens is 394 g/mol. The Bertz CT molecular complexity index is 1160. The van der Waals surface area contributed by atoms with Gasteiger partial charge in [0.15, 0.2) is 0 Å². The van der Waals surface area contributed by atoms with Gasteiger partial charge in [0.05, 0.1) is 25.4 Å². The van der Waals surface area contributed by atoms with Crippen LogP contribution in [0, 0.1) is 5.92 Å². The molecule has 29 heavy (non-hydrogen) atoms. The van der Waals surface area contributed by atoms with E-state index in [0.29, 0.717) is 27.4 Å². The summed E-state index contributed by atoms with van der Waals surface area (Å²) < 4.78 is 13.4. The summed E-state index contributed by atoms with van der Waals surface area (Å²) >= 11 is 1.26. The number of benzene rings is 1. The Hall–Kier alpha value is -3.07. The molecule has 0 saturated carbocycles. The van der Waals surface area contributed by atoms with E-state index >= 15 is 0 Å². The summed E-state index contributed by atoms with van der Waals surface area (Å²) in [5.74, 6) is 0.725. The maximum Gasteiger partial charge on any atom is 0.332 e. The monoisotopic (exact) mass is 417 g/mol. The van der Waals surface area contributed by atoms with Crippen molar-refractivity contribution in [2.75, 3.05) is 19.5 Å². The van der Waals surface area contributed by atoms with E-state index in [4.69, 9.17) is 9.47 Å². The minimum absolute atomic E-state index is 0.112. The molecule has 9 heteroatoms. The Balaban J connectivity index is 1.98. The van der Waals surface area contributed by atoms with Crippen LogP contribution in [0.1, 0.15) is 13.8 Å². The molecule has 3 aromatic rings. The summed E-state index contributed by atoms with van der Waals surface area (Å²) in [6.07, 6.45) is 0. The fourth-order valence-electron chi connectivity index (χ4n) is 3.06. The van der Waals surface area contributed by atoms with E-state index in [1.54, 1.807) is 29.6 Å². The molecule has 2 heterocycles. The molecule has 8 nitrogen and oxygen atoms in total. The van der Waals surface area contributed by atoms with Crippen molar-refractivity contribution in [2.24, 2.45) is 5.92 Å². The number of hydrogen-bond acceptors (Lipinski definition) is 6. The lowest BCUT2D eigenvalue weighted by Gasteiger charge is -2.15. The van der Waals surface area contributed by atoms with Crippen molar-refractivity contribution in [1.82, 2.24) is 9.13 Å². The maximum absolute atomic E-state index is 13.0. The smallest absolute Gasteiger partial charge is 0.332 e. The van der Waals surface area contributed by atoms with Crippen molar-refractivity contribution in [1.29, 1.82) is 0 Å². The van der Waals surface area contributed by atoms with E-state index in [0.717, 1.165) is 0 Å². The zero-order valence-electron chi connectivity index (χ0n) is 16.7. The molecule has 0 aliphatic rings. The molecule has 1 amide bonds. The predicted molar refractivity (Wildman–Crippen MR) is 113 cm³/mol. The lowest BCUT2D eigenvalue weighted by Crippen LogP contribution is -2.42. The number of nitrogens with zero attached hydrogens (tertiary/aromatic N) is 2. The maximum atomic E-state index is 13.0. The molecule has 0 unspecified atom stereocenters. The molecule has 1 aromatic carbocycles. The average Bonchev–Trinajstić information content (AvgIpc) is 3.18. The fourth-order valence-corrected chi connectivity index (χ4v) is 3.90. The third-order valence-corrected chi connectivity index (χ3v) is 5.26. The van der Waals surface area contributed by atoms with Crippen LogP contribution in [0.2, 0.25) is 0 Å². The van der Waals surface area contributed by atoms with Crippen molar-refractivity contribution in [3.8, 4) is 11.5 Å². The minimum Gasteiger partial charge on any atom is -0.497 e. The topological polar surface area (TPSA) is 91.6 Å². The Morgan fingerprint density at radius 2 is 1.90 bits per heavy atom. The molecule has 0 radical (unpaired) electrons. The van der Waals surface area contributed by atoms with Crippen LogP contribution in [0.5, 0.6) is 11.5 Å². The Morgan fingerprint density at radius 3 is 2.55 bits per heavy atom. The summed E-state index contributed by atoms with van der Waals surface area (Å²) in [6.45, 7) is 3.91. The van der Waals surface area contributed by atoms with Gasteiger partial charge in [0.1, 0.15) is 22.7 Å². The molecule has 3 rings (SSSR count). The zero-order valence-corrected chi connectivity index (χ0v) is 17.5. The van der Waals surface area contributed by atoms with Gasteiger partial charge in [-0.05, 0) is 29.5 Å². The highest BCUT2D eigenvalue weighted by atomic mass is 32.1. The first-order valence-electron chi connectivity index (χ1n) is 9.08. The second kappa shape index (κ2) is 8.52. The number of methoxy groups -OCH3 is 2. The normalized spacial score (nSPS) is 11.1. The number of carbonyl (C=O) groups excluding carboxylic acids is 1. The highest BCUT2D eigenvalue weighted by Crippen LogP contribution is 2.29. The van der Waals surface area contributed by atoms with Crippen molar-refractivity contribution in [3.63, 3.8) is 0 Å². The molecule has 154 valence electrons. The first-order valence-corrected chi connectivity index (χ1v) is 9.96. The number of nitrogens with one attached hydrogen (secondary N) is 1. The number of rotatable bonds is 7. The third kappa shape index (κ3) is 4.19. The van der Waals surface area contributed by atoms with E-state index in [1.807, 2.05) is 13.8 Å². The molecule has 0 bridgehead atoms. The van der Waals surface area contributed by atoms with Crippen molar-refractivity contribution in [2.45, 2.75) is 26.9 Å². The summed E-state index contributed by atoms with van der Waals surface area (Å²) in [6, 6.07) is 6.72. The fraction of sp³-hybridized carbons (Fsp3) is 0.350. The van der Waals surface area contributed by atoms with Gasteiger partial charge in [0, 0.05) is 12.6 Å². The second-order valence-corrected chi connectivity index (χ2v) is 7.84. The number of thiophene rings is 1. The van der Waals surface area contributed by atoms with E-state index < -0.39 is 11.6 Å². The van der Waals surface area contributed by atoms with Crippen LogP contribution in [0.4, 0.5) is 5.69 Å². The average molecular weight is 417 g/mol. The first kappa shape index (κ1) is 20.7. The number of anilines is 1. The number of carbonyl (C=O) groups is 1. The van der Waals surface area contributed by atoms with Gasteiger partial charge in [-0.25, -0.2) is 4.79 Å². The van der Waals surface area contributed by atoms with Crippen LogP contribution in [-0.4, -0.2) is 29.3 Å². The Labute approximate surface area is 171 Å². The number of ether oxygens (including phenoxy) is 2. The first-order chi connectivity index (χ1) is 13.8. The van der Waals surface area contributed by atoms with E-state index in [9.17, 15) is 14.4 Å². The van der Waals surface area contributed by atoms with Crippen LogP contribution >= 0.6 is 11.3 Å². The van der Waals surface area contributed by atoms with Crippen molar-refractivity contribution < 1.29 is 14.3 Å². The molecule has 2 aromatic heterocycles. The SMILES string of the molecule is COc1ccc(OC)c(NC(=O)Cn2c(=O)n(CC(C)C)c(=O)c3sccc32)c1. The number of aromatic nitrogens is 2. The Morgan fingerprint density at radius 1 is 1.14 bits per heavy atom. The van der Waals surface area contributed by atoms with Gasteiger partial charge in [-0.3, -0.25) is 18.7 Å². The van der Waals surface area contributed by atoms with E-state index in [-0.39, 0.29) is 24.6 Å². The lowest BCUT2D eigenvalue weighted by atomic mass is 10.2. The lowest BCUT2D eigenvalue weighted by molar-refractivity contribution is -0.116. The van der Waals surface area contributed by atoms with Gasteiger partial charge in [-0.2, -0.15) is 0 Å². The highest BCUT2D eigenvalue weighted by molar-refractivity contribution is 7.17. The van der Waals surface area contributed by atoms with Gasteiger partial charge in [0.2, 0.25) is 5.91 Å². The predicted octanol–water partition coefficient (Wildman–Crippen LogP) is 2.54. The third-order valence-electron chi connectivity index (χ3n) is 4.37. The minimum atomic E-state index is -0.498. The largest absolute Gasteiger partial charge is 0.497 e. The van der Waals surface area contributed by atoms with Crippen LogP contribution < -0.4 is 26.0 Å². The van der Waals surface area contributed by atoms with Crippen molar-refractivity contribution >= 4 is 33.1 Å². The van der Waals surface area contributed by atoms with Gasteiger partial charge >= 0.3 is 5.69 Å². The highest BCUT2D eigenvalue weighted by Gasteiger charge is 2.18. The van der Waals surface area contributed by atoms with Gasteiger partial charge in [0.25, 0.3) is 5.56 Å². The van der Waals surface area contributed by atoms with Crippen LogP contribution in [0.15, 0.2) is 39.2 Å². The molecular formula is C20H23N3O5S. The molecule has 0 aliphatic carbocycles. The van der Waals surface area contributed by atoms with E-state index in [2.05, 4.69) is 5.32 Å². The number of amides is 1. The quantitative estimate of drug-likeness (QED) is 0.638. The Kier molecular flexibility index (Phi) is 6.07. The van der Waals surface area contributed by atoms with Gasteiger partial charge < -0.3 is 14.8 Å². The second-order valence-electron chi connectivity index (χ2n) is 6.93. The van der Waals surface area contributed by atoms with Crippen molar-refractivity contribution in [3.05, 3.63) is 50.5 Å². The number of hydrogen-bond donors (Lipinski definition) is 1. The summed E-state index contributed by atoms with van der Waals surface area (Å²) in [4.78, 5) is 38.3. The molecule has 1 N–H and O–H groups in total. The van der Waals surface area contributed by atoms with Crippen LogP contribution in [-0.2, 0) is 17.9 Å². The molecule has 0 aliphatic heterocycles. The summed E-state index contributed by atoms with van der Waals surface area (Å²) in [7, 11) is 3.02. The zero-order chi connectivity index (χ0) is 21.1. The molecule has 0 saturated heterocycles. The van der Waals surface area contributed by atoms with Gasteiger partial charge in [-0.15, -0.1) is 11.3 Å².